The normalized spacial score (nSPS) is 10.6. The van der Waals surface area contributed by atoms with Crippen LogP contribution in [0.3, 0.4) is 0 Å². The third-order valence-electron chi connectivity index (χ3n) is 2.13. The number of hydrogen-bond donors (Lipinski definition) is 0. The number of carbonyl (C=O) groups is 2. The SMILES string of the molecule is CC(=O)/C=C(/C)[O-].CC(=O)/C=C(/C)[O-].CCCC[O][Zr+2][O]CCCC. The molecule has 0 saturated heterocycles. The summed E-state index contributed by atoms with van der Waals surface area (Å²) in [5.74, 6) is -0.750. The van der Waals surface area contributed by atoms with Crippen molar-refractivity contribution in [1.29, 1.82) is 0 Å². The van der Waals surface area contributed by atoms with Crippen LogP contribution >= 0.6 is 0 Å². The summed E-state index contributed by atoms with van der Waals surface area (Å²) < 4.78 is 10.7. The molecule has 0 spiro atoms. The second-order valence-corrected chi connectivity index (χ2v) is 7.05. The van der Waals surface area contributed by atoms with E-state index in [4.69, 9.17) is 5.63 Å². The first kappa shape index (κ1) is 29.0. The molecule has 0 unspecified atom stereocenters. The predicted molar refractivity (Wildman–Crippen MR) is 90.6 cm³/mol. The third kappa shape index (κ3) is 45.1. The fourth-order valence-corrected chi connectivity index (χ4v) is 2.45. The minimum atomic E-state index is -0.876. The van der Waals surface area contributed by atoms with E-state index in [1.807, 2.05) is 0 Å². The van der Waals surface area contributed by atoms with Gasteiger partial charge in [0.2, 0.25) is 0 Å². The zero-order valence-corrected chi connectivity index (χ0v) is 18.8. The molecule has 0 aromatic rings. The van der Waals surface area contributed by atoms with Crippen LogP contribution in [-0.4, -0.2) is 24.8 Å². The van der Waals surface area contributed by atoms with Gasteiger partial charge in [0, 0.05) is 0 Å². The molecule has 0 heterocycles. The van der Waals surface area contributed by atoms with Crippen LogP contribution in [0.4, 0.5) is 0 Å². The van der Waals surface area contributed by atoms with Crippen molar-refractivity contribution in [3.63, 3.8) is 0 Å². The molecular weight excluding hydrogens is 403 g/mol. The number of ketones is 2. The summed E-state index contributed by atoms with van der Waals surface area (Å²) in [6.45, 7) is 11.6. The molecule has 0 saturated carbocycles. The maximum absolute atomic E-state index is 9.98. The van der Waals surface area contributed by atoms with Gasteiger partial charge < -0.3 is 10.2 Å². The zero-order valence-electron chi connectivity index (χ0n) is 16.3. The molecule has 0 fully saturated rings. The van der Waals surface area contributed by atoms with Crippen molar-refractivity contribution in [2.24, 2.45) is 0 Å². The quantitative estimate of drug-likeness (QED) is 0.296. The Morgan fingerprint density at radius 3 is 1.28 bits per heavy atom. The summed E-state index contributed by atoms with van der Waals surface area (Å²) in [4.78, 5) is 20.0. The van der Waals surface area contributed by atoms with E-state index in [-0.39, 0.29) is 23.1 Å². The Labute approximate surface area is 165 Å². The van der Waals surface area contributed by atoms with Crippen molar-refractivity contribution in [3.05, 3.63) is 23.7 Å². The number of allylic oxidation sites excluding steroid dienone is 4. The van der Waals surface area contributed by atoms with Crippen molar-refractivity contribution in [2.45, 2.75) is 67.2 Å². The number of rotatable bonds is 10. The predicted octanol–water partition coefficient (Wildman–Crippen LogP) is 2.21. The molecule has 0 rings (SSSR count). The average Bonchev–Trinajstić information content (AvgIpc) is 2.45. The number of unbranched alkanes of at least 4 members (excludes halogenated alkanes) is 2. The van der Waals surface area contributed by atoms with Gasteiger partial charge in [-0.15, -0.1) is 11.5 Å². The van der Waals surface area contributed by atoms with E-state index in [2.05, 4.69) is 13.8 Å². The Kier molecular flexibility index (Phi) is 26.9. The molecular formula is C18H32O6Zr. The molecule has 0 aliphatic rings. The van der Waals surface area contributed by atoms with E-state index in [1.165, 1.54) is 53.4 Å². The molecule has 6 nitrogen and oxygen atoms in total. The van der Waals surface area contributed by atoms with Crippen LogP contribution < -0.4 is 10.2 Å². The molecule has 7 heteroatoms. The molecule has 0 aromatic carbocycles. The third-order valence-corrected chi connectivity index (χ3v) is 3.71. The van der Waals surface area contributed by atoms with Crippen molar-refractivity contribution in [3.8, 4) is 0 Å². The van der Waals surface area contributed by atoms with E-state index in [1.54, 1.807) is 0 Å². The van der Waals surface area contributed by atoms with Gasteiger partial charge in [-0.3, -0.25) is 9.59 Å². The number of carbonyl (C=O) groups excluding carboxylic acids is 2. The van der Waals surface area contributed by atoms with E-state index in [9.17, 15) is 19.8 Å². The van der Waals surface area contributed by atoms with E-state index < -0.39 is 24.1 Å². The summed E-state index contributed by atoms with van der Waals surface area (Å²) in [6.07, 6.45) is 6.90. The van der Waals surface area contributed by atoms with Gasteiger partial charge in [-0.1, -0.05) is 13.8 Å². The van der Waals surface area contributed by atoms with Gasteiger partial charge in [0.05, 0.1) is 0 Å². The first-order chi connectivity index (χ1) is 11.7. The van der Waals surface area contributed by atoms with E-state index >= 15 is 0 Å². The second-order valence-electron chi connectivity index (χ2n) is 5.22. The van der Waals surface area contributed by atoms with Crippen molar-refractivity contribution in [1.82, 2.24) is 0 Å². The Bertz CT molecular complexity index is 347. The van der Waals surface area contributed by atoms with Gasteiger partial charge in [0.1, 0.15) is 0 Å². The zero-order chi connectivity index (χ0) is 20.1. The van der Waals surface area contributed by atoms with Crippen LogP contribution in [-0.2, 0) is 39.3 Å². The molecule has 0 N–H and O–H groups in total. The van der Waals surface area contributed by atoms with Crippen molar-refractivity contribution < 1.29 is 49.5 Å². The molecule has 144 valence electrons. The first-order valence-electron chi connectivity index (χ1n) is 8.37. The fraction of sp³-hybridized carbons (Fsp3) is 0.667. The van der Waals surface area contributed by atoms with E-state index in [0.717, 1.165) is 25.4 Å². The summed E-state index contributed by atoms with van der Waals surface area (Å²) >= 11 is -0.876. The summed E-state index contributed by atoms with van der Waals surface area (Å²) in [5, 5.41) is 20.0. The van der Waals surface area contributed by atoms with Crippen LogP contribution in [0.15, 0.2) is 23.7 Å². The van der Waals surface area contributed by atoms with Crippen LogP contribution in [0.25, 0.3) is 0 Å². The Balaban J connectivity index is -0.000000304. The molecule has 0 aromatic heterocycles. The summed E-state index contributed by atoms with van der Waals surface area (Å²) in [5.41, 5.74) is 0. The van der Waals surface area contributed by atoms with Gasteiger partial charge in [0.15, 0.2) is 11.6 Å². The molecule has 0 atom stereocenters. The summed E-state index contributed by atoms with van der Waals surface area (Å²) in [7, 11) is 0. The van der Waals surface area contributed by atoms with E-state index in [0.29, 0.717) is 0 Å². The minimum absolute atomic E-state index is 0.187. The Morgan fingerprint density at radius 2 is 1.12 bits per heavy atom. The molecule has 0 aliphatic heterocycles. The second kappa shape index (κ2) is 23.2. The molecule has 0 bridgehead atoms. The van der Waals surface area contributed by atoms with Gasteiger partial charge in [-0.2, -0.15) is 0 Å². The average molecular weight is 436 g/mol. The maximum atomic E-state index is 9.98. The molecule has 0 aliphatic carbocycles. The van der Waals surface area contributed by atoms with Gasteiger partial charge in [-0.25, -0.2) is 0 Å². The number of hydrogen-bond acceptors (Lipinski definition) is 6. The molecule has 0 radical (unpaired) electrons. The topological polar surface area (TPSA) is 98.7 Å². The van der Waals surface area contributed by atoms with Crippen molar-refractivity contribution >= 4 is 11.6 Å². The van der Waals surface area contributed by atoms with Crippen LogP contribution in [0.2, 0.25) is 0 Å². The first-order valence-corrected chi connectivity index (χ1v) is 10.4. The fourth-order valence-electron chi connectivity index (χ4n) is 1.13. The monoisotopic (exact) mass is 434 g/mol. The van der Waals surface area contributed by atoms with Crippen LogP contribution in [0.1, 0.15) is 67.2 Å². The van der Waals surface area contributed by atoms with Gasteiger partial charge >= 0.3 is 82.5 Å². The van der Waals surface area contributed by atoms with Crippen LogP contribution in [0, 0.1) is 0 Å². The van der Waals surface area contributed by atoms with Crippen LogP contribution in [0.5, 0.6) is 0 Å². The van der Waals surface area contributed by atoms with Gasteiger partial charge in [-0.05, 0) is 26.0 Å². The Hall–Kier alpha value is -0.777. The Morgan fingerprint density at radius 1 is 0.800 bits per heavy atom. The molecule has 25 heavy (non-hydrogen) atoms. The molecule has 0 amide bonds. The standard InChI is InChI=1S/2C5H8O2.2C4H9O.Zr/c2*1-4(6)3-5(2)7;2*1-2-3-4-5;/h2*3,6H,1-2H3;2*2-4H2,1H3;/q;;2*-1;+4/p-2/b2*4-3-;;;. The van der Waals surface area contributed by atoms with Gasteiger partial charge in [0.25, 0.3) is 0 Å². The van der Waals surface area contributed by atoms with Crippen molar-refractivity contribution in [2.75, 3.05) is 13.2 Å². The summed E-state index contributed by atoms with van der Waals surface area (Å²) in [6, 6.07) is 0.